The molecule has 20 heteroatoms. The highest BCUT2D eigenvalue weighted by Crippen LogP contribution is 2.33. The monoisotopic (exact) mass is 826 g/mol. The largest absolute Gasteiger partial charge is 0.494 e. The molecule has 20 nitrogen and oxygen atoms in total. The average molecular weight is 827 g/mol. The smallest absolute Gasteiger partial charge is 0.295 e. The number of amides is 4. The number of carbonyl (C=O) groups excluding carboxylic acids is 4. The number of primary amides is 1. The van der Waals surface area contributed by atoms with Crippen molar-refractivity contribution in [1.82, 2.24) is 39.3 Å². The maximum atomic E-state index is 13.6. The normalized spacial score (nSPS) is 11.2. The Balaban J connectivity index is 0.00000336. The fraction of sp³-hybridized carbons (Fsp3) is 0.350. The van der Waals surface area contributed by atoms with Crippen LogP contribution in [0.3, 0.4) is 0 Å². The number of allylic oxidation sites excluding steroid dienone is 2. The lowest BCUT2D eigenvalue weighted by atomic mass is 10.1. The highest BCUT2D eigenvalue weighted by molar-refractivity contribution is 6.05. The number of hydrogen-bond donors (Lipinski definition) is 6. The maximum Gasteiger partial charge on any atom is 0.295 e. The molecule has 0 spiro atoms. The SMILES string of the molecule is CC.CCc1nc(C)oc1C(=O)Nc1nc2cc(C(=O)NN)cc(OCCCO)c2n1C/C=C/Cn1c(NC(=O)c2cc(C)nn2CC)nc2cc(C(N)=O)cc(OC)c21. The zero-order valence-corrected chi connectivity index (χ0v) is 34.6. The fourth-order valence-corrected chi connectivity index (χ4v) is 6.42. The first-order chi connectivity index (χ1) is 28.9. The Morgan fingerprint density at radius 1 is 0.850 bits per heavy atom. The van der Waals surface area contributed by atoms with Crippen LogP contribution >= 0.6 is 0 Å². The van der Waals surface area contributed by atoms with Gasteiger partial charge in [0.2, 0.25) is 23.6 Å². The minimum absolute atomic E-state index is 0.0314. The molecule has 4 heterocycles. The second kappa shape index (κ2) is 19.6. The van der Waals surface area contributed by atoms with Gasteiger partial charge in [-0.2, -0.15) is 5.10 Å². The zero-order valence-electron chi connectivity index (χ0n) is 34.6. The average Bonchev–Trinajstić information content (AvgIpc) is 4.01. The van der Waals surface area contributed by atoms with Crippen molar-refractivity contribution < 1.29 is 38.2 Å². The number of aromatic nitrogens is 7. The van der Waals surface area contributed by atoms with Crippen LogP contribution in [-0.2, 0) is 26.1 Å². The second-order valence-electron chi connectivity index (χ2n) is 13.0. The molecule has 2 aromatic carbocycles. The van der Waals surface area contributed by atoms with E-state index in [0.29, 0.717) is 70.2 Å². The Hall–Kier alpha value is -7.06. The molecule has 0 aliphatic heterocycles. The predicted octanol–water partition coefficient (Wildman–Crippen LogP) is 4.03. The molecule has 0 saturated carbocycles. The number of aliphatic hydroxyl groups is 1. The first-order valence-electron chi connectivity index (χ1n) is 19.4. The predicted molar refractivity (Wildman–Crippen MR) is 223 cm³/mol. The van der Waals surface area contributed by atoms with E-state index in [0.717, 1.165) is 0 Å². The first kappa shape index (κ1) is 44.1. The number of hydrogen-bond acceptors (Lipinski definition) is 13. The summed E-state index contributed by atoms with van der Waals surface area (Å²) in [4.78, 5) is 65.7. The van der Waals surface area contributed by atoms with Crippen LogP contribution < -0.4 is 37.1 Å². The summed E-state index contributed by atoms with van der Waals surface area (Å²) < 4.78 is 22.3. The number of rotatable bonds is 17. The van der Waals surface area contributed by atoms with Crippen LogP contribution in [0.15, 0.2) is 46.9 Å². The lowest BCUT2D eigenvalue weighted by Gasteiger charge is -2.13. The third kappa shape index (κ3) is 9.29. The lowest BCUT2D eigenvalue weighted by molar-refractivity contribution is 0.0950. The number of aliphatic hydroxyl groups excluding tert-OH is 1. The number of methoxy groups -OCH3 is 1. The number of benzene rings is 2. The van der Waals surface area contributed by atoms with Crippen molar-refractivity contribution in [3.05, 3.63) is 82.3 Å². The van der Waals surface area contributed by atoms with Gasteiger partial charge in [-0.3, -0.25) is 39.9 Å². The number of aryl methyl sites for hydroxylation is 4. The summed E-state index contributed by atoms with van der Waals surface area (Å²) in [5.74, 6) is 4.29. The Bertz CT molecular complexity index is 2560. The van der Waals surface area contributed by atoms with Gasteiger partial charge >= 0.3 is 0 Å². The van der Waals surface area contributed by atoms with Crippen LogP contribution in [-0.4, -0.2) is 82.9 Å². The number of nitrogen functional groups attached to an aromatic ring is 1. The summed E-state index contributed by atoms with van der Waals surface area (Å²) >= 11 is 0. The molecule has 0 unspecified atom stereocenters. The van der Waals surface area contributed by atoms with E-state index in [-0.39, 0.29) is 60.8 Å². The molecule has 0 fully saturated rings. The van der Waals surface area contributed by atoms with Crippen LogP contribution in [0.4, 0.5) is 11.9 Å². The molecular formula is C40H50N12O8. The Kier molecular flexibility index (Phi) is 14.4. The molecule has 318 valence electrons. The molecule has 6 aromatic rings. The summed E-state index contributed by atoms with van der Waals surface area (Å²) in [6.45, 7) is 11.8. The van der Waals surface area contributed by atoms with Crippen LogP contribution in [0.25, 0.3) is 22.1 Å². The van der Waals surface area contributed by atoms with Gasteiger partial charge in [0.1, 0.15) is 28.2 Å². The molecule has 4 amide bonds. The quantitative estimate of drug-likeness (QED) is 0.0250. The van der Waals surface area contributed by atoms with Gasteiger partial charge in [0.25, 0.3) is 17.7 Å². The van der Waals surface area contributed by atoms with Gasteiger partial charge < -0.3 is 33.9 Å². The van der Waals surface area contributed by atoms with Crippen molar-refractivity contribution in [2.45, 2.75) is 74.0 Å². The molecule has 0 saturated heterocycles. The van der Waals surface area contributed by atoms with E-state index in [4.69, 9.17) is 25.5 Å². The van der Waals surface area contributed by atoms with E-state index in [2.05, 4.69) is 36.1 Å². The second-order valence-corrected chi connectivity index (χ2v) is 13.0. The minimum atomic E-state index is -0.683. The van der Waals surface area contributed by atoms with Gasteiger partial charge in [0.15, 0.2) is 5.89 Å². The van der Waals surface area contributed by atoms with E-state index < -0.39 is 23.6 Å². The molecule has 0 aliphatic rings. The Morgan fingerprint density at radius 2 is 1.45 bits per heavy atom. The molecule has 0 bridgehead atoms. The standard InChI is InChI=1S/C38H44N12O8.C2H6/c1-6-24-32(58-21(4)41-24)36(55)45-38-43-26-17-23(34(53)46-40)19-29(57-14-10-13-51)31(26)49(38)12-9-8-11-48-30-25(16-22(33(39)52)18-28(30)56-5)42-37(48)44-35(54)27-15-20(3)47-50(27)7-2;1-2/h8-9,15-19,51H,6-7,10-14,40H2,1-5H3,(H2,39,52)(H,46,53)(H,42,44,54)(H,43,45,55);1-2H3/b9-8+;. The van der Waals surface area contributed by atoms with Crippen molar-refractivity contribution >= 4 is 57.6 Å². The number of ether oxygens (including phenoxy) is 2. The summed E-state index contributed by atoms with van der Waals surface area (Å²) in [7, 11) is 1.44. The Morgan fingerprint density at radius 3 is 2.02 bits per heavy atom. The number of carbonyl (C=O) groups is 4. The lowest BCUT2D eigenvalue weighted by Crippen LogP contribution is -2.30. The third-order valence-corrected chi connectivity index (χ3v) is 9.04. The van der Waals surface area contributed by atoms with Crippen molar-refractivity contribution in [1.29, 1.82) is 0 Å². The third-order valence-electron chi connectivity index (χ3n) is 9.04. The van der Waals surface area contributed by atoms with Crippen LogP contribution in [0, 0.1) is 13.8 Å². The van der Waals surface area contributed by atoms with E-state index in [1.54, 1.807) is 45.9 Å². The number of nitrogens with two attached hydrogens (primary N) is 2. The Labute approximate surface area is 344 Å². The number of imidazole rings is 2. The molecule has 0 atom stereocenters. The highest BCUT2D eigenvalue weighted by atomic mass is 16.5. The fourth-order valence-electron chi connectivity index (χ4n) is 6.42. The van der Waals surface area contributed by atoms with Gasteiger partial charge in [-0.05, 0) is 50.6 Å². The molecule has 0 aliphatic carbocycles. The molecule has 4 aromatic heterocycles. The van der Waals surface area contributed by atoms with E-state index in [1.165, 1.54) is 31.4 Å². The number of anilines is 2. The number of nitrogens with zero attached hydrogens (tertiary/aromatic N) is 7. The van der Waals surface area contributed by atoms with Crippen LogP contribution in [0.5, 0.6) is 11.5 Å². The molecule has 60 heavy (non-hydrogen) atoms. The number of hydrazine groups is 1. The topological polar surface area (TPSA) is 275 Å². The summed E-state index contributed by atoms with van der Waals surface area (Å²) in [6.07, 6.45) is 4.34. The first-order valence-corrected chi connectivity index (χ1v) is 19.4. The van der Waals surface area contributed by atoms with Crippen LogP contribution in [0.1, 0.15) is 93.2 Å². The van der Waals surface area contributed by atoms with Crippen LogP contribution in [0.2, 0.25) is 0 Å². The van der Waals surface area contributed by atoms with E-state index in [1.807, 2.05) is 27.7 Å². The molecule has 8 N–H and O–H groups in total. The molecule has 6 rings (SSSR count). The number of fused-ring (bicyclic) bond motifs is 2. The highest BCUT2D eigenvalue weighted by Gasteiger charge is 2.25. The van der Waals surface area contributed by atoms with Gasteiger partial charge in [-0.25, -0.2) is 20.8 Å². The van der Waals surface area contributed by atoms with Gasteiger partial charge in [-0.1, -0.05) is 32.9 Å². The summed E-state index contributed by atoms with van der Waals surface area (Å²) in [5, 5.41) is 19.5. The van der Waals surface area contributed by atoms with Crippen molar-refractivity contribution in [3.8, 4) is 11.5 Å². The van der Waals surface area contributed by atoms with Gasteiger partial charge in [0.05, 0.1) is 36.1 Å². The zero-order chi connectivity index (χ0) is 43.7. The van der Waals surface area contributed by atoms with E-state index in [9.17, 15) is 24.3 Å². The number of oxazole rings is 1. The van der Waals surface area contributed by atoms with Crippen molar-refractivity contribution in [2.24, 2.45) is 11.6 Å². The molecular weight excluding hydrogens is 777 g/mol. The number of nitrogens with one attached hydrogen (secondary N) is 3. The minimum Gasteiger partial charge on any atom is -0.494 e. The summed E-state index contributed by atoms with van der Waals surface area (Å²) in [5.41, 5.74) is 11.1. The van der Waals surface area contributed by atoms with Crippen molar-refractivity contribution in [3.63, 3.8) is 0 Å². The van der Waals surface area contributed by atoms with Gasteiger partial charge in [0, 0.05) is 50.7 Å². The maximum absolute atomic E-state index is 13.6. The summed E-state index contributed by atoms with van der Waals surface area (Å²) in [6, 6.07) is 7.69. The molecule has 0 radical (unpaired) electrons. The van der Waals surface area contributed by atoms with Gasteiger partial charge in [-0.15, -0.1) is 0 Å². The van der Waals surface area contributed by atoms with E-state index >= 15 is 0 Å². The van der Waals surface area contributed by atoms with Crippen molar-refractivity contribution in [2.75, 3.05) is 31.0 Å².